The number of anilines is 8. The quantitative estimate of drug-likeness (QED) is 0.0556. The van der Waals surface area contributed by atoms with Gasteiger partial charge in [-0.05, 0) is 213 Å². The number of carbonyl (C=O) groups excluding carboxylic acids is 5. The molecule has 0 fully saturated rings. The standard InChI is InChI=1S/C35H28N6O2.C27H24N2O.C26H22N2O2.C24H17NO2.C16H9NO2/c1-19-8-9-20(2)23(16-19)17-29-39-34(41-35(43)40-29)37-24-12-10-21(3)28(18-24)38-27-13-11-22-14-15-36-32-25-6-4-5-7-26(25)33(42)31(27)30(22)32;1-4-27(2,3)18-10-12-19(13-11-18)29-22-14-9-17-15-16-28-25-20-7-5-6-8-21(20)26(30)24(22)23(17)25;1-14-8-11-20(16(3)12-14)27-21-7-5-6-17-24(21)26(29)18-10-9-15(2)19-13-22(30-4)28-25(17)23(18)19;1-14-7-9-20(15(2)13-14)27-21-10-8-19-22-18(21)11-12-25-23(22)16-5-3-4-6-17(16)24(19)26;18-13-8-9-4-3-7-12-14(9)15(17-13)10-5-1-2-6-11(10)16(12)19/h4-16,18,38H,17H2,1-3H3,(H2,37,39,40,41,43);5-16,29H,4H2,1-3H3;5-13,27H,1-4H3;3-13H,1-2H3;1-8H,(H,17,18). The lowest BCUT2D eigenvalue weighted by Crippen LogP contribution is -2.18. The number of rotatable bonds is 15. The van der Waals surface area contributed by atoms with Gasteiger partial charge >= 0.3 is 5.69 Å². The molecule has 0 bridgehead atoms. The fourth-order valence-corrected chi connectivity index (χ4v) is 20.8. The van der Waals surface area contributed by atoms with Crippen molar-refractivity contribution in [3.8, 4) is 73.7 Å². The number of ketones is 5. The second kappa shape index (κ2) is 38.7. The van der Waals surface area contributed by atoms with Gasteiger partial charge in [-0.15, -0.1) is 0 Å². The van der Waals surface area contributed by atoms with Gasteiger partial charge in [-0.1, -0.05) is 250 Å². The zero-order chi connectivity index (χ0) is 103. The van der Waals surface area contributed by atoms with Crippen molar-refractivity contribution in [3.63, 3.8) is 0 Å². The van der Waals surface area contributed by atoms with Crippen LogP contribution in [0.1, 0.15) is 168 Å². The number of H-pyrrole nitrogens is 2. The monoisotopic (exact) mass is 1950 g/mol. The number of nitrogens with zero attached hydrogens (tertiary/aromatic N) is 6. The molecule has 0 unspecified atom stereocenters. The molecule has 26 rings (SSSR count). The van der Waals surface area contributed by atoms with Crippen LogP contribution in [0.15, 0.2) is 338 Å². The molecule has 149 heavy (non-hydrogen) atoms. The molecule has 0 atom stereocenters. The summed E-state index contributed by atoms with van der Waals surface area (Å²) in [7, 11) is 1.62. The van der Waals surface area contributed by atoms with Crippen molar-refractivity contribution in [2.45, 2.75) is 94.4 Å². The van der Waals surface area contributed by atoms with Crippen LogP contribution in [0.25, 0.3) is 110 Å². The summed E-state index contributed by atoms with van der Waals surface area (Å²) in [6.07, 6.45) is 6.94. The summed E-state index contributed by atoms with van der Waals surface area (Å²) in [5, 5.41) is 22.7. The van der Waals surface area contributed by atoms with E-state index >= 15 is 0 Å². The number of nitrogens with one attached hydrogen (secondary N) is 6. The Labute approximate surface area is 858 Å². The third-order valence-electron chi connectivity index (χ3n) is 28.8. The molecule has 5 aliphatic carbocycles. The summed E-state index contributed by atoms with van der Waals surface area (Å²) in [6.45, 7) is 23.1. The highest BCUT2D eigenvalue weighted by molar-refractivity contribution is 6.32. The van der Waals surface area contributed by atoms with Crippen LogP contribution in [0.5, 0.6) is 17.4 Å². The molecule has 0 saturated heterocycles. The zero-order valence-electron chi connectivity index (χ0n) is 83.9. The molecule has 6 heterocycles. The third kappa shape index (κ3) is 17.6. The molecular weight excluding hydrogens is 1850 g/mol. The van der Waals surface area contributed by atoms with Crippen molar-refractivity contribution in [1.29, 1.82) is 0 Å². The maximum absolute atomic E-state index is 13.8. The largest absolute Gasteiger partial charge is 0.481 e. The molecule has 0 amide bonds. The number of carbonyl (C=O) groups is 5. The highest BCUT2D eigenvalue weighted by Crippen LogP contribution is 2.50. The van der Waals surface area contributed by atoms with Gasteiger partial charge in [-0.3, -0.25) is 48.7 Å². The number of aromatic amines is 2. The average Bonchev–Trinajstić information content (AvgIpc) is 0.746. The predicted octanol–water partition coefficient (Wildman–Crippen LogP) is 28.5. The van der Waals surface area contributed by atoms with Gasteiger partial charge in [0.1, 0.15) is 17.3 Å². The van der Waals surface area contributed by atoms with E-state index in [1.165, 1.54) is 22.8 Å². The minimum Gasteiger partial charge on any atom is -0.481 e. The van der Waals surface area contributed by atoms with Gasteiger partial charge in [0, 0.05) is 159 Å². The van der Waals surface area contributed by atoms with Gasteiger partial charge in [0.2, 0.25) is 17.4 Å². The molecule has 0 radical (unpaired) electrons. The van der Waals surface area contributed by atoms with Crippen LogP contribution in [0.3, 0.4) is 0 Å². The molecule has 15 aromatic carbocycles. The number of methoxy groups -OCH3 is 1. The highest BCUT2D eigenvalue weighted by atomic mass is 16.5. The molecule has 5 aliphatic rings. The first-order chi connectivity index (χ1) is 72.2. The normalized spacial score (nSPS) is 12.2. The first kappa shape index (κ1) is 95.0. The fourth-order valence-electron chi connectivity index (χ4n) is 20.8. The molecule has 0 aliphatic heterocycles. The Balaban J connectivity index is 0.000000108. The van der Waals surface area contributed by atoms with Crippen molar-refractivity contribution in [3.05, 3.63) is 466 Å². The van der Waals surface area contributed by atoms with Crippen LogP contribution in [-0.2, 0) is 11.8 Å². The number of benzene rings is 15. The summed E-state index contributed by atoms with van der Waals surface area (Å²) >= 11 is 0. The van der Waals surface area contributed by atoms with Gasteiger partial charge in [-0.2, -0.15) is 9.97 Å². The molecule has 21 aromatic rings. The van der Waals surface area contributed by atoms with E-state index in [2.05, 4.69) is 170 Å². The number of hydrogen-bond donors (Lipinski definition) is 6. The summed E-state index contributed by atoms with van der Waals surface area (Å²) in [5.41, 5.74) is 31.6. The molecule has 0 saturated carbocycles. The van der Waals surface area contributed by atoms with E-state index in [0.29, 0.717) is 85.1 Å². The lowest BCUT2D eigenvalue weighted by Gasteiger charge is -2.24. The van der Waals surface area contributed by atoms with Crippen molar-refractivity contribution in [1.82, 2.24) is 39.9 Å². The van der Waals surface area contributed by atoms with E-state index in [9.17, 15) is 33.6 Å². The summed E-state index contributed by atoms with van der Waals surface area (Å²) in [5.74, 6) is 2.91. The number of aromatic nitrogens is 8. The Morgan fingerprint density at radius 2 is 0.819 bits per heavy atom. The van der Waals surface area contributed by atoms with Gasteiger partial charge in [0.25, 0.3) is 0 Å². The number of ether oxygens (including phenoxy) is 2. The van der Waals surface area contributed by atoms with E-state index in [1.807, 2.05) is 265 Å². The number of hydrogen-bond acceptors (Lipinski definition) is 19. The van der Waals surface area contributed by atoms with Crippen LogP contribution >= 0.6 is 0 Å². The predicted molar refractivity (Wildman–Crippen MR) is 595 cm³/mol. The Kier molecular flexibility index (Phi) is 24.6. The van der Waals surface area contributed by atoms with Crippen LogP contribution in [0.2, 0.25) is 0 Å². The zero-order valence-corrected chi connectivity index (χ0v) is 83.9. The van der Waals surface area contributed by atoms with E-state index < -0.39 is 5.69 Å². The van der Waals surface area contributed by atoms with E-state index in [4.69, 9.17) is 14.5 Å². The van der Waals surface area contributed by atoms with Crippen LogP contribution in [-0.4, -0.2) is 75.9 Å². The fraction of sp³-hybridized carbons (Fsp3) is 0.117. The maximum Gasteiger partial charge on any atom is 0.349 e. The summed E-state index contributed by atoms with van der Waals surface area (Å²) in [4.78, 5) is 123. The minimum atomic E-state index is -0.471. The Morgan fingerprint density at radius 1 is 0.322 bits per heavy atom. The molecule has 21 heteroatoms. The number of pyridine rings is 5. The summed E-state index contributed by atoms with van der Waals surface area (Å²) < 4.78 is 11.7. The Bertz CT molecular complexity index is 9390. The van der Waals surface area contributed by atoms with Crippen LogP contribution in [0, 0.1) is 55.4 Å². The Hall–Kier alpha value is -18.9. The lowest BCUT2D eigenvalue weighted by atomic mass is 9.82. The first-order valence-electron chi connectivity index (χ1n) is 49.5. The second-order valence-electron chi connectivity index (χ2n) is 38.9. The lowest BCUT2D eigenvalue weighted by molar-refractivity contribution is 0.103. The second-order valence-corrected chi connectivity index (χ2v) is 38.9. The highest BCUT2D eigenvalue weighted by Gasteiger charge is 2.36. The van der Waals surface area contributed by atoms with Crippen molar-refractivity contribution in [2.75, 3.05) is 28.4 Å². The SMILES string of the molecule is CCC(C)(C)c1ccc(Nc2ccc3ccnc4c3c2C(=O)c2ccccc2-4)cc1.COc1cc2c(C)ccc3c2c(n1)-c1cccc(Nc2ccc(C)cc2C)c1C3=O.Cc1ccc(C)c(Cc2nc(Nc3ccc(C)c(Nc4ccc5ccnc6c5c4C(=O)c4ccccc4-6)c3)nc(=O)[nH]2)c1.Cc1ccc(Oc2ccc3c4c(nccc24)-c2ccccc2C3=O)c(C)c1.O=C1c2ccccc2-c2[nH]c(=O)cc3cccc1c23. The number of fused-ring (bicyclic) bond motifs is 10. The summed E-state index contributed by atoms with van der Waals surface area (Å²) in [6, 6.07) is 99.5. The first-order valence-corrected chi connectivity index (χ1v) is 49.5. The van der Waals surface area contributed by atoms with E-state index in [0.717, 1.165) is 195 Å². The van der Waals surface area contributed by atoms with Crippen LogP contribution in [0.4, 0.5) is 45.8 Å². The van der Waals surface area contributed by atoms with Crippen molar-refractivity contribution >= 4 is 129 Å². The third-order valence-corrected chi connectivity index (χ3v) is 28.8. The molecule has 21 nitrogen and oxygen atoms in total. The minimum absolute atomic E-state index is 0.0146. The van der Waals surface area contributed by atoms with E-state index in [-0.39, 0.29) is 45.8 Å². The molecule has 726 valence electrons. The van der Waals surface area contributed by atoms with E-state index in [1.54, 1.807) is 25.6 Å². The molecular formula is C128H100N12O9. The van der Waals surface area contributed by atoms with Gasteiger partial charge in [-0.25, -0.2) is 9.78 Å². The van der Waals surface area contributed by atoms with Gasteiger partial charge in [0.15, 0.2) is 28.9 Å². The molecule has 6 N–H and O–H groups in total. The number of aryl methyl sites for hydroxylation is 8. The van der Waals surface area contributed by atoms with Crippen molar-refractivity contribution in [2.24, 2.45) is 0 Å². The van der Waals surface area contributed by atoms with Gasteiger partial charge < -0.3 is 35.7 Å². The van der Waals surface area contributed by atoms with Crippen molar-refractivity contribution < 1.29 is 33.4 Å². The maximum atomic E-state index is 13.8. The molecule has 6 aromatic heterocycles. The Morgan fingerprint density at radius 3 is 1.46 bits per heavy atom. The van der Waals surface area contributed by atoms with Crippen LogP contribution < -0.4 is 42.0 Å². The molecule has 0 spiro atoms. The smallest absolute Gasteiger partial charge is 0.349 e. The average molecular weight is 1950 g/mol. The topological polar surface area (TPSA) is 295 Å². The van der Waals surface area contributed by atoms with Gasteiger partial charge in [0.05, 0.1) is 69.3 Å².